The predicted molar refractivity (Wildman–Crippen MR) is 158 cm³/mol. The molecule has 42 heavy (non-hydrogen) atoms. The number of ether oxygens (including phenoxy) is 4. The Balaban J connectivity index is 1.39. The minimum absolute atomic E-state index is 0.0371. The van der Waals surface area contributed by atoms with Crippen molar-refractivity contribution in [2.75, 3.05) is 27.3 Å². The third-order valence-corrected chi connectivity index (χ3v) is 9.08. The van der Waals surface area contributed by atoms with Gasteiger partial charge in [0.2, 0.25) is 11.5 Å². The van der Waals surface area contributed by atoms with Gasteiger partial charge in [0.05, 0.1) is 14.2 Å². The van der Waals surface area contributed by atoms with Gasteiger partial charge in [-0.15, -0.1) is 0 Å². The van der Waals surface area contributed by atoms with Crippen LogP contribution >= 0.6 is 0 Å². The molecule has 0 saturated carbocycles. The number of methoxy groups -OCH3 is 2. The molecule has 7 bridgehead atoms. The number of hydrogen-bond donors (Lipinski definition) is 4. The number of nitrogens with one attached hydrogen (secondary N) is 2. The first kappa shape index (κ1) is 25.3. The Hall–Kier alpha value is -4.40. The number of rotatable bonds is 2. The maximum absolute atomic E-state index is 11.3. The molecule has 0 amide bonds. The van der Waals surface area contributed by atoms with Gasteiger partial charge >= 0.3 is 0 Å². The van der Waals surface area contributed by atoms with E-state index in [2.05, 4.69) is 34.9 Å². The van der Waals surface area contributed by atoms with Crippen LogP contribution in [0.1, 0.15) is 45.5 Å². The molecular formula is C34H32N2O6. The minimum atomic E-state index is -0.136. The lowest BCUT2D eigenvalue weighted by atomic mass is 9.86. The Morgan fingerprint density at radius 1 is 0.762 bits per heavy atom. The van der Waals surface area contributed by atoms with E-state index in [1.807, 2.05) is 18.2 Å². The molecule has 8 heteroatoms. The van der Waals surface area contributed by atoms with Gasteiger partial charge in [0.15, 0.2) is 23.0 Å². The van der Waals surface area contributed by atoms with Gasteiger partial charge in [-0.25, -0.2) is 0 Å². The molecule has 4 aliphatic heterocycles. The fourth-order valence-corrected chi connectivity index (χ4v) is 7.12. The van der Waals surface area contributed by atoms with Crippen LogP contribution in [-0.4, -0.2) is 37.5 Å². The van der Waals surface area contributed by atoms with E-state index in [1.165, 1.54) is 5.56 Å². The average Bonchev–Trinajstić information content (AvgIpc) is 3.00. The van der Waals surface area contributed by atoms with Crippen molar-refractivity contribution in [2.24, 2.45) is 0 Å². The number of phenols is 2. The topological polar surface area (TPSA) is 101 Å². The monoisotopic (exact) mass is 564 g/mol. The molecule has 214 valence electrons. The zero-order valence-corrected chi connectivity index (χ0v) is 23.5. The van der Waals surface area contributed by atoms with Crippen molar-refractivity contribution in [3.8, 4) is 57.1 Å². The van der Waals surface area contributed by atoms with Gasteiger partial charge in [-0.05, 0) is 97.4 Å². The molecule has 4 aromatic carbocycles. The van der Waals surface area contributed by atoms with Gasteiger partial charge in [0.1, 0.15) is 11.5 Å². The largest absolute Gasteiger partial charge is 0.507 e. The fourth-order valence-electron chi connectivity index (χ4n) is 7.12. The molecule has 0 radical (unpaired) electrons. The van der Waals surface area contributed by atoms with Gasteiger partial charge in [0, 0.05) is 34.3 Å². The van der Waals surface area contributed by atoms with Crippen LogP contribution in [0.4, 0.5) is 0 Å². The van der Waals surface area contributed by atoms with E-state index in [0.29, 0.717) is 41.6 Å². The molecule has 4 aromatic rings. The number of aromatic hydroxyl groups is 2. The van der Waals surface area contributed by atoms with Crippen molar-refractivity contribution in [3.05, 3.63) is 81.9 Å². The molecule has 0 fully saturated rings. The highest BCUT2D eigenvalue weighted by Gasteiger charge is 2.37. The summed E-state index contributed by atoms with van der Waals surface area (Å²) in [7, 11) is 3.23. The standard InChI is InChI=1S/C34H32N2O6/c1-39-27-6-4-18-12-23(27)22-11-17(3-5-26(22)37)13-24-21-16-29-28(15-19(21)7-9-35-24)42-34-31(38)32(40-2)20-8-10-36-25(14-18)30(20)33(34)41-29/h3-6,11-12,15-16,24-25,35-38H,7-10,13-14H2,1-2H3/t24-,25+/m1/s1. The smallest absolute Gasteiger partial charge is 0.215 e. The van der Waals surface area contributed by atoms with E-state index in [9.17, 15) is 10.2 Å². The highest BCUT2D eigenvalue weighted by Crippen LogP contribution is 2.59. The molecule has 2 atom stereocenters. The SMILES string of the molecule is COc1ccc2cc1-c1cc(ccc1O)C[C@H]1NCCc3cc4c(cc31)Oc1c(c(O)c(OC)c3c1[C@H](C2)NCC3)O4. The van der Waals surface area contributed by atoms with Gasteiger partial charge in [-0.2, -0.15) is 0 Å². The Labute approximate surface area is 243 Å². The zero-order valence-electron chi connectivity index (χ0n) is 23.5. The molecule has 8 rings (SSSR count). The van der Waals surface area contributed by atoms with E-state index in [-0.39, 0.29) is 29.3 Å². The highest BCUT2D eigenvalue weighted by molar-refractivity contribution is 5.77. The summed E-state index contributed by atoms with van der Waals surface area (Å²) in [5, 5.41) is 29.7. The van der Waals surface area contributed by atoms with E-state index in [4.69, 9.17) is 18.9 Å². The third kappa shape index (κ3) is 3.82. The van der Waals surface area contributed by atoms with Gasteiger partial charge in [0.25, 0.3) is 0 Å². The summed E-state index contributed by atoms with van der Waals surface area (Å²) in [6, 6.07) is 16.0. The lowest BCUT2D eigenvalue weighted by Gasteiger charge is -2.35. The normalized spacial score (nSPS) is 19.5. The maximum atomic E-state index is 11.3. The van der Waals surface area contributed by atoms with E-state index in [0.717, 1.165) is 64.9 Å². The van der Waals surface area contributed by atoms with E-state index in [1.54, 1.807) is 20.3 Å². The second-order valence-corrected chi connectivity index (χ2v) is 11.4. The summed E-state index contributed by atoms with van der Waals surface area (Å²) in [6.07, 6.45) is 2.90. The summed E-state index contributed by atoms with van der Waals surface area (Å²) in [5.41, 5.74) is 7.94. The third-order valence-electron chi connectivity index (χ3n) is 9.08. The lowest BCUT2D eigenvalue weighted by Crippen LogP contribution is -2.32. The first-order valence-electron chi connectivity index (χ1n) is 14.5. The summed E-state index contributed by atoms with van der Waals surface area (Å²) in [5.74, 6) is 3.34. The summed E-state index contributed by atoms with van der Waals surface area (Å²) >= 11 is 0. The van der Waals surface area contributed by atoms with Gasteiger partial charge < -0.3 is 39.8 Å². The molecule has 4 heterocycles. The second kappa shape index (κ2) is 9.58. The van der Waals surface area contributed by atoms with Crippen molar-refractivity contribution in [3.63, 3.8) is 0 Å². The molecule has 0 unspecified atom stereocenters. The van der Waals surface area contributed by atoms with Crippen LogP contribution in [0.2, 0.25) is 0 Å². The molecule has 4 N–H and O–H groups in total. The summed E-state index contributed by atoms with van der Waals surface area (Å²) in [4.78, 5) is 0. The van der Waals surface area contributed by atoms with E-state index < -0.39 is 0 Å². The van der Waals surface area contributed by atoms with Crippen LogP contribution in [0.15, 0.2) is 48.5 Å². The first-order valence-corrected chi connectivity index (χ1v) is 14.5. The summed E-state index contributed by atoms with van der Waals surface area (Å²) in [6.45, 7) is 1.55. The number of fused-ring (bicyclic) bond motifs is 5. The van der Waals surface area contributed by atoms with Crippen molar-refractivity contribution in [2.45, 2.75) is 37.8 Å². The van der Waals surface area contributed by atoms with Crippen molar-refractivity contribution in [1.29, 1.82) is 0 Å². The number of phenolic OH excluding ortho intramolecular Hbond substituents is 2. The van der Waals surface area contributed by atoms with Crippen LogP contribution in [0.5, 0.6) is 46.0 Å². The quantitative estimate of drug-likeness (QED) is 0.212. The first-order chi connectivity index (χ1) is 20.5. The Morgan fingerprint density at radius 3 is 2.31 bits per heavy atom. The second-order valence-electron chi connectivity index (χ2n) is 11.4. The van der Waals surface area contributed by atoms with Crippen molar-refractivity contribution in [1.82, 2.24) is 10.6 Å². The van der Waals surface area contributed by atoms with Gasteiger partial charge in [-0.3, -0.25) is 0 Å². The van der Waals surface area contributed by atoms with Crippen LogP contribution in [0.3, 0.4) is 0 Å². The molecule has 8 nitrogen and oxygen atoms in total. The predicted octanol–water partition coefficient (Wildman–Crippen LogP) is 5.85. The Morgan fingerprint density at radius 2 is 1.48 bits per heavy atom. The maximum Gasteiger partial charge on any atom is 0.215 e. The van der Waals surface area contributed by atoms with Crippen LogP contribution in [-0.2, 0) is 25.7 Å². The average molecular weight is 565 g/mol. The van der Waals surface area contributed by atoms with Gasteiger partial charge in [-0.1, -0.05) is 12.1 Å². The molecule has 0 aromatic heterocycles. The van der Waals surface area contributed by atoms with Crippen molar-refractivity contribution < 1.29 is 29.2 Å². The van der Waals surface area contributed by atoms with Crippen LogP contribution in [0.25, 0.3) is 11.1 Å². The fraction of sp³-hybridized carbons (Fsp3) is 0.294. The molecule has 0 saturated heterocycles. The molecular weight excluding hydrogens is 532 g/mol. The zero-order chi connectivity index (χ0) is 28.5. The van der Waals surface area contributed by atoms with Crippen LogP contribution in [0, 0.1) is 0 Å². The molecule has 4 aliphatic rings. The molecule has 0 aliphatic carbocycles. The number of hydrogen-bond acceptors (Lipinski definition) is 8. The number of benzene rings is 4. The lowest BCUT2D eigenvalue weighted by molar-refractivity contribution is 0.305. The van der Waals surface area contributed by atoms with E-state index >= 15 is 0 Å². The van der Waals surface area contributed by atoms with Crippen molar-refractivity contribution >= 4 is 0 Å². The summed E-state index contributed by atoms with van der Waals surface area (Å²) < 4.78 is 24.7. The Kier molecular flexibility index (Phi) is 5.77. The minimum Gasteiger partial charge on any atom is -0.507 e. The Bertz CT molecular complexity index is 1770. The molecule has 0 spiro atoms. The highest BCUT2D eigenvalue weighted by atomic mass is 16.6. The van der Waals surface area contributed by atoms with Crippen LogP contribution < -0.4 is 29.6 Å².